The number of para-hydroxylation sites is 1. The zero-order valence-electron chi connectivity index (χ0n) is 30.6. The van der Waals surface area contributed by atoms with Gasteiger partial charge in [0, 0.05) is 50.4 Å². The first kappa shape index (κ1) is 35.3. The molecule has 0 N–H and O–H groups in total. The Balaban J connectivity index is 1.29. The van der Waals surface area contributed by atoms with Crippen LogP contribution in [0.25, 0.3) is 0 Å². The molecule has 1 saturated heterocycles. The minimum absolute atomic E-state index is 0.0913. The molecule has 3 aliphatic heterocycles. The highest BCUT2D eigenvalue weighted by Gasteiger charge is 2.72. The monoisotopic (exact) mass is 712 g/mol. The zero-order valence-corrected chi connectivity index (χ0v) is 31.4. The van der Waals surface area contributed by atoms with Gasteiger partial charge in [-0.25, -0.2) is 4.79 Å². The van der Waals surface area contributed by atoms with Crippen LogP contribution in [0.5, 0.6) is 11.5 Å². The second-order valence-corrected chi connectivity index (χ2v) is 17.1. The van der Waals surface area contributed by atoms with Gasteiger partial charge in [-0.15, -0.1) is 11.8 Å². The van der Waals surface area contributed by atoms with Gasteiger partial charge in [0.2, 0.25) is 11.7 Å². The van der Waals surface area contributed by atoms with Crippen LogP contribution < -0.4 is 14.4 Å². The van der Waals surface area contributed by atoms with E-state index in [1.807, 2.05) is 42.5 Å². The lowest BCUT2D eigenvalue weighted by Crippen LogP contribution is -2.62. The first-order valence-electron chi connectivity index (χ1n) is 17.7. The van der Waals surface area contributed by atoms with Crippen molar-refractivity contribution in [2.75, 3.05) is 32.3 Å². The van der Waals surface area contributed by atoms with Crippen molar-refractivity contribution < 1.29 is 33.3 Å². The number of carbonyl (C=O) groups is 2. The van der Waals surface area contributed by atoms with E-state index in [0.717, 1.165) is 33.9 Å². The third kappa shape index (κ3) is 6.35. The summed E-state index contributed by atoms with van der Waals surface area (Å²) in [6.45, 7) is 12.0. The lowest BCUT2D eigenvalue weighted by Gasteiger charge is -2.50. The maximum atomic E-state index is 15.0. The van der Waals surface area contributed by atoms with E-state index in [1.165, 1.54) is 0 Å². The average Bonchev–Trinajstić information content (AvgIpc) is 3.50. The van der Waals surface area contributed by atoms with Gasteiger partial charge < -0.3 is 33.5 Å². The van der Waals surface area contributed by atoms with Gasteiger partial charge >= 0.3 is 5.97 Å². The summed E-state index contributed by atoms with van der Waals surface area (Å²) in [5.74, 6) is 0.788. The second-order valence-electron chi connectivity index (χ2n) is 15.2. The number of cyclic esters (lactones) is 1. The van der Waals surface area contributed by atoms with Gasteiger partial charge in [-0.05, 0) is 53.4 Å². The van der Waals surface area contributed by atoms with Gasteiger partial charge in [0.05, 0.1) is 49.1 Å². The third-order valence-electron chi connectivity index (χ3n) is 10.3. The van der Waals surface area contributed by atoms with Crippen molar-refractivity contribution in [2.24, 2.45) is 0 Å². The molecule has 9 nitrogen and oxygen atoms in total. The molecule has 0 unspecified atom stereocenters. The molecule has 4 aliphatic rings. The predicted molar refractivity (Wildman–Crippen MR) is 198 cm³/mol. The third-order valence-corrected chi connectivity index (χ3v) is 11.8. The maximum Gasteiger partial charge on any atom is 0.342 e. The van der Waals surface area contributed by atoms with E-state index in [0.29, 0.717) is 50.5 Å². The molecule has 0 aromatic heterocycles. The van der Waals surface area contributed by atoms with E-state index in [2.05, 4.69) is 60.9 Å². The first-order valence-corrected chi connectivity index (χ1v) is 18.6. The molecule has 1 fully saturated rings. The van der Waals surface area contributed by atoms with Crippen molar-refractivity contribution in [1.82, 2.24) is 4.90 Å². The number of fused-ring (bicyclic) bond motifs is 2. The maximum absolute atomic E-state index is 15.0. The highest BCUT2D eigenvalue weighted by molar-refractivity contribution is 8.02. The molecule has 270 valence electrons. The lowest BCUT2D eigenvalue weighted by atomic mass is 9.63. The van der Waals surface area contributed by atoms with E-state index in [9.17, 15) is 4.79 Å². The normalized spacial score (nSPS) is 24.7. The van der Waals surface area contributed by atoms with Crippen molar-refractivity contribution in [3.8, 4) is 11.5 Å². The van der Waals surface area contributed by atoms with Crippen LogP contribution in [0.4, 0.5) is 5.69 Å². The number of amides is 1. The van der Waals surface area contributed by atoms with E-state index < -0.39 is 22.5 Å². The Hall–Kier alpha value is -4.15. The number of esters is 1. The molecule has 0 saturated carbocycles. The summed E-state index contributed by atoms with van der Waals surface area (Å²) in [4.78, 5) is 33.6. The summed E-state index contributed by atoms with van der Waals surface area (Å²) in [5.41, 5.74) is 4.01. The molecule has 0 bridgehead atoms. The summed E-state index contributed by atoms with van der Waals surface area (Å²) < 4.78 is 29.1. The Morgan fingerprint density at radius 2 is 1.51 bits per heavy atom. The number of nitrogens with zero attached hydrogens (tertiary/aromatic N) is 2. The summed E-state index contributed by atoms with van der Waals surface area (Å²) in [7, 11) is 3.31. The van der Waals surface area contributed by atoms with Crippen LogP contribution in [0.15, 0.2) is 84.1 Å². The summed E-state index contributed by atoms with van der Waals surface area (Å²) in [6, 6.07) is 23.5. The van der Waals surface area contributed by atoms with Crippen LogP contribution >= 0.6 is 11.8 Å². The fourth-order valence-corrected chi connectivity index (χ4v) is 9.92. The molecule has 1 aliphatic carbocycles. The Bertz CT molecular complexity index is 1820. The molecule has 10 heteroatoms. The smallest absolute Gasteiger partial charge is 0.342 e. The lowest BCUT2D eigenvalue weighted by molar-refractivity contribution is -0.211. The van der Waals surface area contributed by atoms with Gasteiger partial charge in [0.25, 0.3) is 0 Å². The van der Waals surface area contributed by atoms with Crippen molar-refractivity contribution in [1.29, 1.82) is 0 Å². The van der Waals surface area contributed by atoms with E-state index in [4.69, 9.17) is 23.7 Å². The number of hydrogen-bond acceptors (Lipinski definition) is 9. The van der Waals surface area contributed by atoms with Gasteiger partial charge in [0.15, 0.2) is 0 Å². The molecule has 7 rings (SSSR count). The van der Waals surface area contributed by atoms with E-state index in [-0.39, 0.29) is 22.7 Å². The number of likely N-dealkylation sites (tertiary alicyclic amines) is 1. The summed E-state index contributed by atoms with van der Waals surface area (Å²) >= 11 is 1.70. The van der Waals surface area contributed by atoms with Gasteiger partial charge in [-0.3, -0.25) is 4.79 Å². The molecule has 51 heavy (non-hydrogen) atoms. The van der Waals surface area contributed by atoms with Crippen LogP contribution in [0, 0.1) is 0 Å². The van der Waals surface area contributed by atoms with Gasteiger partial charge in [-0.1, -0.05) is 63.2 Å². The zero-order chi connectivity index (χ0) is 36.1. The first-order chi connectivity index (χ1) is 24.4. The minimum atomic E-state index is -1.12. The Morgan fingerprint density at radius 3 is 2.16 bits per heavy atom. The molecular weight excluding hydrogens is 665 g/mol. The Morgan fingerprint density at radius 1 is 0.863 bits per heavy atom. The Labute approximate surface area is 305 Å². The topological polar surface area (TPSA) is 86.8 Å². The number of carbonyl (C=O) groups excluding carboxylic acids is 2. The molecule has 4 atom stereocenters. The molecule has 3 heterocycles. The molecule has 1 spiro atoms. The average molecular weight is 713 g/mol. The number of hydrogen-bond donors (Lipinski definition) is 0. The van der Waals surface area contributed by atoms with Crippen molar-refractivity contribution in [2.45, 2.75) is 93.9 Å². The van der Waals surface area contributed by atoms with Crippen LogP contribution in [-0.2, 0) is 42.4 Å². The van der Waals surface area contributed by atoms with Gasteiger partial charge in [0.1, 0.15) is 17.3 Å². The molecule has 3 aromatic rings. The number of anilines is 1. The number of methoxy groups -OCH3 is 2. The highest BCUT2D eigenvalue weighted by atomic mass is 32.2. The molecule has 1 amide bonds. The standard InChI is InChI=1S/C41H48N2O7S/c1-39(2,3)51-36-37(44)42(21-10-22-48-25-27-15-19-29(47-7)20-16-27)33-23-32-34(38(45)50-40(4,5)49-32)35-41(33,36)30-11-8-9-12-31(30)43(35)24-26-13-17-28(46-6)18-14-26/h8-9,11-20,33,35-36H,10,21-25H2,1-7H3/t33-,35-,36+,41-/m0/s1. The van der Waals surface area contributed by atoms with E-state index in [1.54, 1.807) is 39.8 Å². The number of ether oxygens (including phenoxy) is 5. The van der Waals surface area contributed by atoms with Crippen LogP contribution in [0.2, 0.25) is 0 Å². The fraction of sp³-hybridized carbons (Fsp3) is 0.463. The quantitative estimate of drug-likeness (QED) is 0.154. The van der Waals surface area contributed by atoms with Crippen LogP contribution in [0.3, 0.4) is 0 Å². The molecule has 0 radical (unpaired) electrons. The fourth-order valence-electron chi connectivity index (χ4n) is 8.37. The minimum Gasteiger partial charge on any atom is -0.497 e. The van der Waals surface area contributed by atoms with Crippen LogP contribution in [-0.4, -0.2) is 72.0 Å². The largest absolute Gasteiger partial charge is 0.497 e. The molecule has 3 aromatic carbocycles. The summed E-state index contributed by atoms with van der Waals surface area (Å²) in [5, 5.41) is -0.452. The number of thioether (sulfide) groups is 1. The van der Waals surface area contributed by atoms with Crippen LogP contribution in [0.1, 0.15) is 64.2 Å². The van der Waals surface area contributed by atoms with Crippen molar-refractivity contribution >= 4 is 29.3 Å². The number of rotatable bonds is 11. The second kappa shape index (κ2) is 13.4. The van der Waals surface area contributed by atoms with Crippen molar-refractivity contribution in [3.63, 3.8) is 0 Å². The highest BCUT2D eigenvalue weighted by Crippen LogP contribution is 2.64. The predicted octanol–water partition coefficient (Wildman–Crippen LogP) is 7.02. The summed E-state index contributed by atoms with van der Waals surface area (Å²) in [6.07, 6.45) is 1.10. The van der Waals surface area contributed by atoms with Crippen molar-refractivity contribution in [3.05, 3.63) is 101 Å². The Kier molecular flexibility index (Phi) is 9.29. The van der Waals surface area contributed by atoms with Gasteiger partial charge in [-0.2, -0.15) is 0 Å². The molecular formula is C41H48N2O7S. The number of benzene rings is 3. The van der Waals surface area contributed by atoms with E-state index >= 15 is 4.79 Å². The SMILES string of the molecule is COc1ccc(COCCCN2C(=O)[C@@H](SC(C)(C)C)[C@]34c5ccccc5N(Cc5ccc(OC)cc5)[C@H]3C3=C(C[C@H]24)OC(C)(C)OC3=O)cc1.